The number of amides is 3. The molecule has 0 aromatic heterocycles. The predicted molar refractivity (Wildman–Crippen MR) is 128 cm³/mol. The van der Waals surface area contributed by atoms with Crippen LogP contribution < -0.4 is 16.0 Å². The first-order valence-electron chi connectivity index (χ1n) is 10.9. The molecule has 0 aliphatic rings. The smallest absolute Gasteiger partial charge is 0.408 e. The molecule has 0 heterocycles. The molecule has 0 saturated carbocycles. The van der Waals surface area contributed by atoms with E-state index in [2.05, 4.69) is 25.4 Å². The van der Waals surface area contributed by atoms with Crippen molar-refractivity contribution in [2.75, 3.05) is 32.3 Å². The SMILES string of the molecule is CCC=CCSC[C@H](NC(=O)CC[C@H](NC(=O)OC(C)(C)C)C(=O)OC)C(=O)NCC(=O)OC. The Kier molecular flexibility index (Phi) is 15.4. The highest BCUT2D eigenvalue weighted by atomic mass is 32.2. The van der Waals surface area contributed by atoms with Crippen molar-refractivity contribution in [3.05, 3.63) is 12.2 Å². The van der Waals surface area contributed by atoms with Gasteiger partial charge in [0.15, 0.2) is 0 Å². The topological polar surface area (TPSA) is 149 Å². The normalized spacial score (nSPS) is 12.9. The summed E-state index contributed by atoms with van der Waals surface area (Å²) in [7, 11) is 2.37. The average Bonchev–Trinajstić information content (AvgIpc) is 2.77. The van der Waals surface area contributed by atoms with Crippen LogP contribution in [0.15, 0.2) is 12.2 Å². The predicted octanol–water partition coefficient (Wildman–Crippen LogP) is 1.31. The van der Waals surface area contributed by atoms with Gasteiger partial charge in [0.25, 0.3) is 0 Å². The van der Waals surface area contributed by atoms with Crippen LogP contribution in [0.3, 0.4) is 0 Å². The summed E-state index contributed by atoms with van der Waals surface area (Å²) in [4.78, 5) is 60.3. The molecule has 0 spiro atoms. The van der Waals surface area contributed by atoms with Gasteiger partial charge >= 0.3 is 18.0 Å². The Hall–Kier alpha value is -2.76. The number of hydrogen-bond acceptors (Lipinski definition) is 9. The van der Waals surface area contributed by atoms with Gasteiger partial charge in [-0.15, -0.1) is 0 Å². The number of carbonyl (C=O) groups excluding carboxylic acids is 5. The van der Waals surface area contributed by atoms with Crippen LogP contribution in [0.25, 0.3) is 0 Å². The molecule has 2 atom stereocenters. The van der Waals surface area contributed by atoms with Gasteiger partial charge in [0.2, 0.25) is 11.8 Å². The Morgan fingerprint density at radius 1 is 0.971 bits per heavy atom. The lowest BCUT2D eigenvalue weighted by Crippen LogP contribution is -2.50. The number of ether oxygens (including phenoxy) is 3. The van der Waals surface area contributed by atoms with Gasteiger partial charge in [-0.25, -0.2) is 9.59 Å². The van der Waals surface area contributed by atoms with Crippen LogP contribution in [0, 0.1) is 0 Å². The van der Waals surface area contributed by atoms with Crippen molar-refractivity contribution < 1.29 is 38.2 Å². The summed E-state index contributed by atoms with van der Waals surface area (Å²) in [6.07, 6.45) is 3.78. The molecule has 11 nitrogen and oxygen atoms in total. The van der Waals surface area contributed by atoms with Crippen molar-refractivity contribution >= 4 is 41.6 Å². The van der Waals surface area contributed by atoms with Crippen molar-refractivity contribution in [2.24, 2.45) is 0 Å². The van der Waals surface area contributed by atoms with E-state index in [9.17, 15) is 24.0 Å². The largest absolute Gasteiger partial charge is 0.468 e. The van der Waals surface area contributed by atoms with Crippen LogP contribution in [0.5, 0.6) is 0 Å². The lowest BCUT2D eigenvalue weighted by molar-refractivity contribution is -0.143. The van der Waals surface area contributed by atoms with Crippen molar-refractivity contribution in [3.63, 3.8) is 0 Å². The van der Waals surface area contributed by atoms with E-state index in [1.54, 1.807) is 20.8 Å². The van der Waals surface area contributed by atoms with Crippen molar-refractivity contribution in [1.29, 1.82) is 0 Å². The summed E-state index contributed by atoms with van der Waals surface area (Å²) < 4.78 is 14.3. The first-order valence-corrected chi connectivity index (χ1v) is 12.0. The second kappa shape index (κ2) is 16.8. The molecule has 0 aromatic carbocycles. The number of alkyl carbamates (subject to hydrolysis) is 1. The summed E-state index contributed by atoms with van der Waals surface area (Å²) in [5, 5.41) is 7.42. The quantitative estimate of drug-likeness (QED) is 0.138. The zero-order valence-electron chi connectivity index (χ0n) is 20.7. The molecule has 0 aromatic rings. The third-order valence-corrected chi connectivity index (χ3v) is 5.02. The number of thioether (sulfide) groups is 1. The first-order chi connectivity index (χ1) is 15.9. The number of methoxy groups -OCH3 is 2. The Balaban J connectivity index is 5.02. The summed E-state index contributed by atoms with van der Waals surface area (Å²) >= 11 is 1.43. The van der Waals surface area contributed by atoms with Gasteiger partial charge in [0.1, 0.15) is 24.2 Å². The van der Waals surface area contributed by atoms with Crippen molar-refractivity contribution in [1.82, 2.24) is 16.0 Å². The van der Waals surface area contributed by atoms with Gasteiger partial charge in [-0.1, -0.05) is 19.1 Å². The molecule has 0 unspecified atom stereocenters. The molecule has 0 bridgehead atoms. The summed E-state index contributed by atoms with van der Waals surface area (Å²) in [6.45, 7) is 6.70. The monoisotopic (exact) mass is 503 g/mol. The zero-order chi connectivity index (χ0) is 26.1. The molecule has 3 N–H and O–H groups in total. The van der Waals surface area contributed by atoms with Crippen molar-refractivity contribution in [3.8, 4) is 0 Å². The maximum Gasteiger partial charge on any atom is 0.408 e. The maximum absolute atomic E-state index is 12.5. The number of hydrogen-bond donors (Lipinski definition) is 3. The van der Waals surface area contributed by atoms with Gasteiger partial charge in [-0.2, -0.15) is 11.8 Å². The molecule has 194 valence electrons. The minimum atomic E-state index is -1.11. The Bertz CT molecular complexity index is 721. The van der Waals surface area contributed by atoms with Gasteiger partial charge < -0.3 is 30.2 Å². The molecule has 0 aliphatic heterocycles. The minimum Gasteiger partial charge on any atom is -0.468 e. The fraction of sp³-hybridized carbons (Fsp3) is 0.682. The Morgan fingerprint density at radius 2 is 1.65 bits per heavy atom. The fourth-order valence-electron chi connectivity index (χ4n) is 2.41. The van der Waals surface area contributed by atoms with Crippen LogP contribution in [-0.4, -0.2) is 79.8 Å². The molecule has 3 amide bonds. The highest BCUT2D eigenvalue weighted by Gasteiger charge is 2.27. The molecular formula is C22H37N3O8S. The second-order valence-electron chi connectivity index (χ2n) is 8.09. The lowest BCUT2D eigenvalue weighted by Gasteiger charge is -2.23. The molecule has 0 aliphatic carbocycles. The molecule has 34 heavy (non-hydrogen) atoms. The number of nitrogens with one attached hydrogen (secondary N) is 3. The summed E-state index contributed by atoms with van der Waals surface area (Å²) in [5.74, 6) is -1.49. The number of carbonyl (C=O) groups is 5. The summed E-state index contributed by atoms with van der Waals surface area (Å²) in [6, 6.07) is -2.02. The standard InChI is InChI=1S/C22H37N3O8S/c1-7-8-9-12-34-14-16(19(28)23-13-18(27)31-5)24-17(26)11-10-15(20(29)32-6)25-21(30)33-22(2,3)4/h8-9,15-16H,7,10-14H2,1-6H3,(H,23,28)(H,24,26)(H,25,30)/t15-,16-/m0/s1. The van der Waals surface area contributed by atoms with E-state index in [1.165, 1.54) is 18.9 Å². The van der Waals surface area contributed by atoms with Crippen molar-refractivity contribution in [2.45, 2.75) is 64.6 Å². The van der Waals surface area contributed by atoms with E-state index >= 15 is 0 Å². The Morgan fingerprint density at radius 3 is 2.21 bits per heavy atom. The van der Waals surface area contributed by atoms with Crippen LogP contribution in [-0.2, 0) is 33.4 Å². The second-order valence-corrected chi connectivity index (χ2v) is 9.17. The number of rotatable bonds is 14. The highest BCUT2D eigenvalue weighted by molar-refractivity contribution is 7.99. The van der Waals surface area contributed by atoms with E-state index in [1.807, 2.05) is 19.1 Å². The average molecular weight is 504 g/mol. The Labute approximate surface area is 205 Å². The van der Waals surface area contributed by atoms with E-state index in [-0.39, 0.29) is 25.1 Å². The molecule has 0 fully saturated rings. The fourth-order valence-corrected chi connectivity index (χ4v) is 3.29. The molecular weight excluding hydrogens is 466 g/mol. The maximum atomic E-state index is 12.5. The lowest BCUT2D eigenvalue weighted by atomic mass is 10.1. The zero-order valence-corrected chi connectivity index (χ0v) is 21.5. The number of allylic oxidation sites excluding steroid dienone is 1. The van der Waals surface area contributed by atoms with Gasteiger partial charge in [-0.05, 0) is 33.6 Å². The third kappa shape index (κ3) is 15.1. The van der Waals surface area contributed by atoms with E-state index in [4.69, 9.17) is 4.74 Å². The minimum absolute atomic E-state index is 0.0688. The van der Waals surface area contributed by atoms with Crippen LogP contribution in [0.1, 0.15) is 47.0 Å². The van der Waals surface area contributed by atoms with Crippen LogP contribution in [0.4, 0.5) is 4.79 Å². The third-order valence-electron chi connectivity index (χ3n) is 4.02. The number of esters is 2. The summed E-state index contributed by atoms with van der Waals surface area (Å²) in [5.41, 5.74) is -0.767. The first kappa shape index (κ1) is 31.2. The van der Waals surface area contributed by atoms with Crippen LogP contribution >= 0.6 is 11.8 Å². The van der Waals surface area contributed by atoms with Crippen LogP contribution in [0.2, 0.25) is 0 Å². The van der Waals surface area contributed by atoms with Gasteiger partial charge in [-0.3, -0.25) is 14.4 Å². The molecule has 0 saturated heterocycles. The highest BCUT2D eigenvalue weighted by Crippen LogP contribution is 2.09. The van der Waals surface area contributed by atoms with Gasteiger partial charge in [0.05, 0.1) is 14.2 Å². The van der Waals surface area contributed by atoms with E-state index < -0.39 is 47.5 Å². The van der Waals surface area contributed by atoms with E-state index in [0.29, 0.717) is 5.75 Å². The molecule has 12 heteroatoms. The van der Waals surface area contributed by atoms with Gasteiger partial charge in [0, 0.05) is 17.9 Å². The van der Waals surface area contributed by atoms with E-state index in [0.717, 1.165) is 13.5 Å². The molecule has 0 radical (unpaired) electrons. The molecule has 0 rings (SSSR count).